The first-order valence-corrected chi connectivity index (χ1v) is 7.58. The second kappa shape index (κ2) is 6.33. The maximum atomic E-state index is 10.9. The van der Waals surface area contributed by atoms with E-state index < -0.39 is 6.10 Å². The molecule has 0 aliphatic heterocycles. The van der Waals surface area contributed by atoms with Gasteiger partial charge in [-0.2, -0.15) is 0 Å². The van der Waals surface area contributed by atoms with Crippen LogP contribution >= 0.6 is 11.6 Å². The van der Waals surface area contributed by atoms with Crippen LogP contribution in [0.1, 0.15) is 43.8 Å². The Morgan fingerprint density at radius 1 is 1.25 bits per heavy atom. The molecule has 0 bridgehead atoms. The van der Waals surface area contributed by atoms with Gasteiger partial charge in [0.25, 0.3) is 0 Å². The molecule has 1 fully saturated rings. The van der Waals surface area contributed by atoms with Crippen LogP contribution in [-0.4, -0.2) is 36.8 Å². The molecule has 0 spiro atoms. The molecule has 112 valence electrons. The largest absolute Gasteiger partial charge is 0.495 e. The van der Waals surface area contributed by atoms with Crippen molar-refractivity contribution in [3.8, 4) is 5.75 Å². The summed E-state index contributed by atoms with van der Waals surface area (Å²) in [7, 11) is 5.71. The van der Waals surface area contributed by atoms with Crippen LogP contribution in [0, 0.1) is 0 Å². The molecule has 0 aromatic heterocycles. The Kier molecular flexibility index (Phi) is 4.95. The summed E-state index contributed by atoms with van der Waals surface area (Å²) in [5.41, 5.74) is 0.693. The van der Waals surface area contributed by atoms with Gasteiger partial charge in [0.05, 0.1) is 23.8 Å². The van der Waals surface area contributed by atoms with Gasteiger partial charge in [0.15, 0.2) is 0 Å². The van der Waals surface area contributed by atoms with Crippen LogP contribution < -0.4 is 4.74 Å². The Balaban J connectivity index is 2.34. The van der Waals surface area contributed by atoms with E-state index in [0.29, 0.717) is 10.8 Å². The quantitative estimate of drug-likeness (QED) is 0.921. The Bertz CT molecular complexity index is 456. The normalized spacial score (nSPS) is 19.9. The molecule has 0 radical (unpaired) electrons. The summed E-state index contributed by atoms with van der Waals surface area (Å²) in [6.45, 7) is 0. The summed E-state index contributed by atoms with van der Waals surface area (Å²) in [5, 5.41) is 11.5. The second-order valence-electron chi connectivity index (χ2n) is 5.86. The lowest BCUT2D eigenvalue weighted by molar-refractivity contribution is -0.0336. The van der Waals surface area contributed by atoms with Crippen molar-refractivity contribution in [2.45, 2.75) is 43.7 Å². The van der Waals surface area contributed by atoms with Crippen molar-refractivity contribution in [2.75, 3.05) is 21.2 Å². The zero-order valence-electron chi connectivity index (χ0n) is 12.5. The van der Waals surface area contributed by atoms with E-state index in [-0.39, 0.29) is 5.54 Å². The van der Waals surface area contributed by atoms with Crippen LogP contribution in [-0.2, 0) is 0 Å². The summed E-state index contributed by atoms with van der Waals surface area (Å²) in [5.74, 6) is 0.618. The van der Waals surface area contributed by atoms with Gasteiger partial charge in [0, 0.05) is 0 Å². The molecule has 1 atom stereocenters. The lowest BCUT2D eigenvalue weighted by Gasteiger charge is -2.46. The van der Waals surface area contributed by atoms with Crippen molar-refractivity contribution in [1.29, 1.82) is 0 Å². The lowest BCUT2D eigenvalue weighted by Crippen LogP contribution is -2.50. The molecule has 1 N–H and O–H groups in total. The molecular weight excluding hydrogens is 274 g/mol. The average Bonchev–Trinajstić information content (AvgIpc) is 2.47. The van der Waals surface area contributed by atoms with Gasteiger partial charge < -0.3 is 14.7 Å². The molecule has 1 aliphatic carbocycles. The molecular formula is C16H24ClNO2. The van der Waals surface area contributed by atoms with E-state index in [2.05, 4.69) is 19.0 Å². The third kappa shape index (κ3) is 2.80. The third-order valence-corrected chi connectivity index (χ3v) is 4.92. The smallest absolute Gasteiger partial charge is 0.137 e. The summed E-state index contributed by atoms with van der Waals surface area (Å²) >= 11 is 6.07. The van der Waals surface area contributed by atoms with Crippen molar-refractivity contribution in [2.24, 2.45) is 0 Å². The summed E-state index contributed by atoms with van der Waals surface area (Å²) in [6, 6.07) is 5.55. The molecule has 0 heterocycles. The Morgan fingerprint density at radius 3 is 2.45 bits per heavy atom. The maximum Gasteiger partial charge on any atom is 0.137 e. The number of hydrogen-bond acceptors (Lipinski definition) is 3. The number of halogens is 1. The van der Waals surface area contributed by atoms with E-state index in [0.717, 1.165) is 18.4 Å². The number of ether oxygens (including phenoxy) is 1. The van der Waals surface area contributed by atoms with Crippen molar-refractivity contribution in [3.05, 3.63) is 28.8 Å². The number of aliphatic hydroxyl groups excluding tert-OH is 1. The number of rotatable bonds is 4. The first-order valence-electron chi connectivity index (χ1n) is 7.20. The third-order valence-electron chi connectivity index (χ3n) is 4.61. The number of hydrogen-bond donors (Lipinski definition) is 1. The van der Waals surface area contributed by atoms with Crippen molar-refractivity contribution in [3.63, 3.8) is 0 Å². The summed E-state index contributed by atoms with van der Waals surface area (Å²) < 4.78 is 5.26. The van der Waals surface area contributed by atoms with Crippen molar-refractivity contribution < 1.29 is 9.84 Å². The van der Waals surface area contributed by atoms with Gasteiger partial charge >= 0.3 is 0 Å². The SMILES string of the molecule is COc1cc(C(O)C2(N(C)C)CCCCC2)ccc1Cl. The first kappa shape index (κ1) is 15.6. The predicted octanol–water partition coefficient (Wildman–Crippen LogP) is 3.65. The molecule has 3 nitrogen and oxygen atoms in total. The highest BCUT2D eigenvalue weighted by Gasteiger charge is 2.41. The highest BCUT2D eigenvalue weighted by Crippen LogP contribution is 2.43. The number of benzene rings is 1. The van der Waals surface area contributed by atoms with Gasteiger partial charge in [-0.25, -0.2) is 0 Å². The molecule has 1 saturated carbocycles. The molecule has 1 aromatic carbocycles. The summed E-state index contributed by atoms with van der Waals surface area (Å²) in [6.07, 6.45) is 5.11. The zero-order chi connectivity index (χ0) is 14.8. The van der Waals surface area contributed by atoms with Gasteiger partial charge in [-0.1, -0.05) is 36.9 Å². The standard InChI is InChI=1S/C16H24ClNO2/c1-18(2)16(9-5-4-6-10-16)15(19)12-7-8-13(17)14(11-12)20-3/h7-8,11,15,19H,4-6,9-10H2,1-3H3. The molecule has 1 aromatic rings. The number of likely N-dealkylation sites (N-methyl/N-ethyl adjacent to an activating group) is 1. The van der Waals surface area contributed by atoms with Gasteiger partial charge in [-0.3, -0.25) is 0 Å². The number of aliphatic hydroxyl groups is 1. The van der Waals surface area contributed by atoms with E-state index in [1.165, 1.54) is 19.3 Å². The van der Waals surface area contributed by atoms with Crippen LogP contribution in [0.4, 0.5) is 0 Å². The molecule has 0 saturated heterocycles. The molecule has 1 unspecified atom stereocenters. The first-order chi connectivity index (χ1) is 9.51. The maximum absolute atomic E-state index is 10.9. The minimum atomic E-state index is -0.524. The molecule has 0 amide bonds. The number of nitrogens with zero attached hydrogens (tertiary/aromatic N) is 1. The fourth-order valence-electron chi connectivity index (χ4n) is 3.29. The van der Waals surface area contributed by atoms with Crippen LogP contribution in [0.5, 0.6) is 5.75 Å². The average molecular weight is 298 g/mol. The predicted molar refractivity (Wildman–Crippen MR) is 82.5 cm³/mol. The van der Waals surface area contributed by atoms with Gasteiger partial charge in [0.2, 0.25) is 0 Å². The van der Waals surface area contributed by atoms with E-state index in [1.54, 1.807) is 13.2 Å². The van der Waals surface area contributed by atoms with Gasteiger partial charge in [0.1, 0.15) is 5.75 Å². The van der Waals surface area contributed by atoms with Crippen LogP contribution in [0.25, 0.3) is 0 Å². The molecule has 2 rings (SSSR count). The Morgan fingerprint density at radius 2 is 1.90 bits per heavy atom. The Labute approximate surface area is 126 Å². The highest BCUT2D eigenvalue weighted by atomic mass is 35.5. The fraction of sp³-hybridized carbons (Fsp3) is 0.625. The van der Waals surface area contributed by atoms with Crippen LogP contribution in [0.15, 0.2) is 18.2 Å². The number of methoxy groups -OCH3 is 1. The topological polar surface area (TPSA) is 32.7 Å². The zero-order valence-corrected chi connectivity index (χ0v) is 13.3. The van der Waals surface area contributed by atoms with Crippen molar-refractivity contribution >= 4 is 11.6 Å². The van der Waals surface area contributed by atoms with Gasteiger partial charge in [-0.05, 0) is 44.6 Å². The van der Waals surface area contributed by atoms with E-state index >= 15 is 0 Å². The molecule has 1 aliphatic rings. The highest BCUT2D eigenvalue weighted by molar-refractivity contribution is 6.32. The lowest BCUT2D eigenvalue weighted by atomic mass is 9.74. The van der Waals surface area contributed by atoms with Crippen LogP contribution in [0.2, 0.25) is 5.02 Å². The minimum absolute atomic E-state index is 0.183. The van der Waals surface area contributed by atoms with Crippen molar-refractivity contribution in [1.82, 2.24) is 4.90 Å². The fourth-order valence-corrected chi connectivity index (χ4v) is 3.48. The Hall–Kier alpha value is -0.770. The van der Waals surface area contributed by atoms with E-state index in [4.69, 9.17) is 16.3 Å². The van der Waals surface area contributed by atoms with E-state index in [1.807, 2.05) is 12.1 Å². The molecule has 20 heavy (non-hydrogen) atoms. The monoisotopic (exact) mass is 297 g/mol. The molecule has 4 heteroatoms. The van der Waals surface area contributed by atoms with Gasteiger partial charge in [-0.15, -0.1) is 0 Å². The minimum Gasteiger partial charge on any atom is -0.495 e. The van der Waals surface area contributed by atoms with E-state index in [9.17, 15) is 5.11 Å². The summed E-state index contributed by atoms with van der Waals surface area (Å²) in [4.78, 5) is 2.18. The van der Waals surface area contributed by atoms with Crippen LogP contribution in [0.3, 0.4) is 0 Å². The second-order valence-corrected chi connectivity index (χ2v) is 6.26.